The Kier molecular flexibility index (Phi) is 8.93. The van der Waals surface area contributed by atoms with E-state index in [2.05, 4.69) is 20.5 Å². The minimum absolute atomic E-state index is 0. The van der Waals surface area contributed by atoms with Crippen molar-refractivity contribution in [1.82, 2.24) is 15.6 Å². The van der Waals surface area contributed by atoms with Crippen molar-refractivity contribution in [1.29, 1.82) is 0 Å². The number of ether oxygens (including phenoxy) is 1. The van der Waals surface area contributed by atoms with Crippen LogP contribution in [0.15, 0.2) is 24.4 Å². The lowest BCUT2D eigenvalue weighted by Gasteiger charge is -2.38. The van der Waals surface area contributed by atoms with Gasteiger partial charge in [-0.15, -0.1) is 24.8 Å². The Balaban J connectivity index is 0.00000156. The van der Waals surface area contributed by atoms with Gasteiger partial charge in [0.15, 0.2) is 0 Å². The summed E-state index contributed by atoms with van der Waals surface area (Å²) in [6, 6.07) is 6.20. The predicted octanol–water partition coefficient (Wildman–Crippen LogP) is 1.78. The average Bonchev–Trinajstić information content (AvgIpc) is 2.63. The summed E-state index contributed by atoms with van der Waals surface area (Å²) in [4.78, 5) is 19.4. The van der Waals surface area contributed by atoms with E-state index < -0.39 is 5.60 Å². The second-order valence-electron chi connectivity index (χ2n) is 6.37. The van der Waals surface area contributed by atoms with Gasteiger partial charge in [0, 0.05) is 32.4 Å². The van der Waals surface area contributed by atoms with Gasteiger partial charge in [0.2, 0.25) is 0 Å². The zero-order valence-electron chi connectivity index (χ0n) is 14.6. The number of pyridine rings is 1. The molecule has 3 heterocycles. The minimum Gasteiger partial charge on any atom is -0.368 e. The van der Waals surface area contributed by atoms with Crippen LogP contribution in [0.25, 0.3) is 0 Å². The van der Waals surface area contributed by atoms with E-state index in [9.17, 15) is 4.79 Å². The van der Waals surface area contributed by atoms with Crippen LogP contribution < -0.4 is 15.5 Å². The lowest BCUT2D eigenvalue weighted by Crippen LogP contribution is -2.57. The van der Waals surface area contributed by atoms with Crippen molar-refractivity contribution in [2.45, 2.75) is 37.3 Å². The lowest BCUT2D eigenvalue weighted by atomic mass is 9.90. The van der Waals surface area contributed by atoms with Crippen molar-refractivity contribution in [2.75, 3.05) is 38.2 Å². The first-order chi connectivity index (χ1) is 11.2. The van der Waals surface area contributed by atoms with Gasteiger partial charge >= 0.3 is 0 Å². The van der Waals surface area contributed by atoms with Crippen LogP contribution >= 0.6 is 24.8 Å². The molecule has 2 saturated heterocycles. The molecule has 8 heteroatoms. The van der Waals surface area contributed by atoms with Crippen LogP contribution in [0.5, 0.6) is 0 Å². The second-order valence-corrected chi connectivity index (χ2v) is 6.37. The molecule has 0 atom stereocenters. The number of nitrogens with zero attached hydrogens (tertiary/aromatic N) is 2. The maximum absolute atomic E-state index is 12.7. The number of piperidine rings is 2. The molecule has 2 aliphatic heterocycles. The van der Waals surface area contributed by atoms with Gasteiger partial charge in [-0.1, -0.05) is 6.07 Å². The number of hydrogen-bond acceptors (Lipinski definition) is 5. The van der Waals surface area contributed by atoms with Gasteiger partial charge in [-0.25, -0.2) is 4.98 Å². The number of anilines is 1. The van der Waals surface area contributed by atoms with E-state index in [4.69, 9.17) is 4.74 Å². The van der Waals surface area contributed by atoms with Gasteiger partial charge < -0.3 is 20.3 Å². The van der Waals surface area contributed by atoms with E-state index in [0.29, 0.717) is 0 Å². The first kappa shape index (κ1) is 22.0. The van der Waals surface area contributed by atoms with E-state index in [1.165, 1.54) is 0 Å². The van der Waals surface area contributed by atoms with Crippen LogP contribution in [0.4, 0.5) is 5.82 Å². The highest BCUT2D eigenvalue weighted by atomic mass is 35.5. The Morgan fingerprint density at radius 3 is 2.52 bits per heavy atom. The summed E-state index contributed by atoms with van der Waals surface area (Å²) in [7, 11) is 1.65. The number of nitrogens with one attached hydrogen (secondary N) is 2. The van der Waals surface area contributed by atoms with E-state index in [0.717, 1.165) is 57.7 Å². The molecule has 1 amide bonds. The molecule has 2 fully saturated rings. The summed E-state index contributed by atoms with van der Waals surface area (Å²) < 4.78 is 5.60. The minimum atomic E-state index is -0.649. The molecular formula is C17H28Cl2N4O2. The van der Waals surface area contributed by atoms with E-state index in [1.54, 1.807) is 7.11 Å². The molecule has 0 aliphatic carbocycles. The Labute approximate surface area is 161 Å². The zero-order chi connectivity index (χ0) is 16.1. The van der Waals surface area contributed by atoms with Crippen molar-refractivity contribution < 1.29 is 9.53 Å². The van der Waals surface area contributed by atoms with E-state index in [-0.39, 0.29) is 36.8 Å². The molecule has 0 saturated carbocycles. The largest absolute Gasteiger partial charge is 0.368 e. The van der Waals surface area contributed by atoms with Gasteiger partial charge in [0.1, 0.15) is 11.4 Å². The maximum atomic E-state index is 12.7. The van der Waals surface area contributed by atoms with Gasteiger partial charge in [0.25, 0.3) is 5.91 Å². The fraction of sp³-hybridized carbons (Fsp3) is 0.647. The smallest absolute Gasteiger partial charge is 0.252 e. The summed E-state index contributed by atoms with van der Waals surface area (Å²) in [5.41, 5.74) is -0.649. The number of aromatic nitrogens is 1. The molecule has 3 rings (SSSR count). The Hall–Kier alpha value is -1.08. The molecule has 0 unspecified atom stereocenters. The number of amides is 1. The molecule has 1 aromatic rings. The number of rotatable bonds is 4. The first-order valence-electron chi connectivity index (χ1n) is 8.46. The molecular weight excluding hydrogens is 363 g/mol. The molecule has 0 aromatic carbocycles. The number of carbonyl (C=O) groups excluding carboxylic acids is 1. The summed E-state index contributed by atoms with van der Waals surface area (Å²) in [5, 5.41) is 6.50. The summed E-state index contributed by atoms with van der Waals surface area (Å²) in [6.45, 7) is 3.51. The van der Waals surface area contributed by atoms with E-state index >= 15 is 0 Å². The number of methoxy groups -OCH3 is 1. The third-order valence-electron chi connectivity index (χ3n) is 5.02. The summed E-state index contributed by atoms with van der Waals surface area (Å²) in [6.07, 6.45) is 5.19. The summed E-state index contributed by atoms with van der Waals surface area (Å²) in [5.74, 6) is 1.07. The molecule has 6 nitrogen and oxygen atoms in total. The zero-order valence-corrected chi connectivity index (χ0v) is 16.2. The van der Waals surface area contributed by atoms with Crippen LogP contribution in [0.3, 0.4) is 0 Å². The standard InChI is InChI=1S/C17H26N4O2.2ClH/c1-23-17(7-10-18-11-8-17)16(22)20-14-5-12-21(13-6-14)15-4-2-3-9-19-15;;/h2-4,9,14,18H,5-8,10-13H2,1H3,(H,20,22);2*1H. The highest BCUT2D eigenvalue weighted by molar-refractivity contribution is 5.86. The van der Waals surface area contributed by atoms with Gasteiger partial charge in [-0.2, -0.15) is 0 Å². The topological polar surface area (TPSA) is 66.5 Å². The van der Waals surface area contributed by atoms with Gasteiger partial charge in [0.05, 0.1) is 0 Å². The quantitative estimate of drug-likeness (QED) is 0.819. The van der Waals surface area contributed by atoms with Crippen molar-refractivity contribution in [2.24, 2.45) is 0 Å². The van der Waals surface area contributed by atoms with Crippen molar-refractivity contribution in [3.63, 3.8) is 0 Å². The van der Waals surface area contributed by atoms with Crippen molar-refractivity contribution >= 4 is 36.5 Å². The monoisotopic (exact) mass is 390 g/mol. The SMILES string of the molecule is COC1(C(=O)NC2CCN(c3ccccn3)CC2)CCNCC1.Cl.Cl. The van der Waals surface area contributed by atoms with Crippen LogP contribution in [0.2, 0.25) is 0 Å². The predicted molar refractivity (Wildman–Crippen MR) is 104 cm³/mol. The van der Waals surface area contributed by atoms with Crippen molar-refractivity contribution in [3.8, 4) is 0 Å². The lowest BCUT2D eigenvalue weighted by molar-refractivity contribution is -0.147. The van der Waals surface area contributed by atoms with Gasteiger partial charge in [-0.3, -0.25) is 4.79 Å². The molecule has 0 radical (unpaired) electrons. The fourth-order valence-corrected chi connectivity index (χ4v) is 3.47. The Bertz CT molecular complexity index is 519. The van der Waals surface area contributed by atoms with Crippen LogP contribution in [-0.2, 0) is 9.53 Å². The molecule has 0 spiro atoms. The maximum Gasteiger partial charge on any atom is 0.252 e. The van der Waals surface area contributed by atoms with Gasteiger partial charge in [-0.05, 0) is 50.9 Å². The molecule has 1 aromatic heterocycles. The average molecular weight is 391 g/mol. The summed E-state index contributed by atoms with van der Waals surface area (Å²) >= 11 is 0. The third-order valence-corrected chi connectivity index (χ3v) is 5.02. The third kappa shape index (κ3) is 5.20. The number of carbonyl (C=O) groups is 1. The van der Waals surface area contributed by atoms with Crippen LogP contribution in [0, 0.1) is 0 Å². The molecule has 25 heavy (non-hydrogen) atoms. The van der Waals surface area contributed by atoms with E-state index in [1.807, 2.05) is 24.4 Å². The number of hydrogen-bond donors (Lipinski definition) is 2. The molecule has 142 valence electrons. The highest BCUT2D eigenvalue weighted by Gasteiger charge is 2.40. The second kappa shape index (κ2) is 10.2. The van der Waals surface area contributed by atoms with Crippen molar-refractivity contribution in [3.05, 3.63) is 24.4 Å². The Morgan fingerprint density at radius 1 is 1.28 bits per heavy atom. The number of halogens is 2. The molecule has 0 bridgehead atoms. The highest BCUT2D eigenvalue weighted by Crippen LogP contribution is 2.24. The molecule has 2 N–H and O–H groups in total. The fourth-order valence-electron chi connectivity index (χ4n) is 3.47. The van der Waals surface area contributed by atoms with Crippen LogP contribution in [0.1, 0.15) is 25.7 Å². The Morgan fingerprint density at radius 2 is 1.96 bits per heavy atom. The van der Waals surface area contributed by atoms with Crippen LogP contribution in [-0.4, -0.2) is 55.8 Å². The first-order valence-corrected chi connectivity index (χ1v) is 8.46. The molecule has 2 aliphatic rings. The normalized spacial score (nSPS) is 20.1.